The van der Waals surface area contributed by atoms with Gasteiger partial charge in [0.15, 0.2) is 5.11 Å². The first-order valence-electron chi connectivity index (χ1n) is 8.28. The highest BCUT2D eigenvalue weighted by Crippen LogP contribution is 2.20. The number of aromatic nitrogens is 2. The van der Waals surface area contributed by atoms with E-state index in [-0.39, 0.29) is 5.56 Å². The van der Waals surface area contributed by atoms with Gasteiger partial charge in [0.1, 0.15) is 5.82 Å². The summed E-state index contributed by atoms with van der Waals surface area (Å²) in [5.74, 6) is 0.571. The predicted molar refractivity (Wildman–Crippen MR) is 111 cm³/mol. The molecule has 2 N–H and O–H groups in total. The van der Waals surface area contributed by atoms with Gasteiger partial charge >= 0.3 is 0 Å². The molecule has 3 aromatic rings. The molecule has 7 heteroatoms. The van der Waals surface area contributed by atoms with Crippen LogP contribution in [0.15, 0.2) is 47.3 Å². The number of anilines is 1. The molecule has 0 radical (unpaired) electrons. The minimum Gasteiger partial charge on any atom is -0.342 e. The van der Waals surface area contributed by atoms with Gasteiger partial charge < -0.3 is 15.2 Å². The van der Waals surface area contributed by atoms with Gasteiger partial charge in [-0.2, -0.15) is 0 Å². The number of aromatic amines is 1. The van der Waals surface area contributed by atoms with E-state index < -0.39 is 0 Å². The number of H-pyrrole nitrogens is 1. The molecule has 0 saturated heterocycles. The van der Waals surface area contributed by atoms with Crippen molar-refractivity contribution in [1.82, 2.24) is 14.9 Å². The Hall–Kier alpha value is -2.44. The van der Waals surface area contributed by atoms with Crippen molar-refractivity contribution in [3.63, 3.8) is 0 Å². The topological polar surface area (TPSA) is 61.0 Å². The third kappa shape index (κ3) is 4.03. The van der Waals surface area contributed by atoms with Crippen LogP contribution in [0.3, 0.4) is 0 Å². The Balaban J connectivity index is 1.79. The summed E-state index contributed by atoms with van der Waals surface area (Å²) in [6, 6.07) is 13.0. The Kier molecular flexibility index (Phi) is 5.54. The molecule has 134 valence electrons. The highest BCUT2D eigenvalue weighted by molar-refractivity contribution is 7.80. The van der Waals surface area contributed by atoms with Crippen molar-refractivity contribution in [1.29, 1.82) is 0 Å². The van der Waals surface area contributed by atoms with Gasteiger partial charge in [-0.1, -0.05) is 29.8 Å². The van der Waals surface area contributed by atoms with Crippen LogP contribution >= 0.6 is 23.8 Å². The van der Waals surface area contributed by atoms with Crippen molar-refractivity contribution < 1.29 is 0 Å². The molecule has 1 aromatic heterocycles. The maximum atomic E-state index is 12.2. The molecule has 0 aliphatic rings. The number of halogens is 1. The fourth-order valence-electron chi connectivity index (χ4n) is 2.59. The standard InChI is InChI=1S/C19H19ClN4OS/c1-3-24(19(26)21-13-9-8-12(2)15(20)10-13)11-17-22-16-7-5-4-6-14(16)18(25)23-17/h4-10H,3,11H2,1-2H3,(H,21,26)(H,22,23,25). The number of fused-ring (bicyclic) bond motifs is 1. The first-order chi connectivity index (χ1) is 12.5. The zero-order valence-corrected chi connectivity index (χ0v) is 16.1. The Morgan fingerprint density at radius 3 is 2.81 bits per heavy atom. The van der Waals surface area contributed by atoms with Crippen molar-refractivity contribution in [2.24, 2.45) is 0 Å². The lowest BCUT2D eigenvalue weighted by molar-refractivity contribution is 0.429. The average Bonchev–Trinajstić information content (AvgIpc) is 2.62. The van der Waals surface area contributed by atoms with Gasteiger partial charge in [-0.05, 0) is 55.9 Å². The molecular weight excluding hydrogens is 368 g/mol. The van der Waals surface area contributed by atoms with Crippen molar-refractivity contribution in [3.8, 4) is 0 Å². The maximum Gasteiger partial charge on any atom is 0.258 e. The number of thiocarbonyl (C=S) groups is 1. The summed E-state index contributed by atoms with van der Waals surface area (Å²) in [5.41, 5.74) is 2.36. The normalized spacial score (nSPS) is 10.7. The van der Waals surface area contributed by atoms with Gasteiger partial charge in [-0.25, -0.2) is 4.98 Å². The van der Waals surface area contributed by atoms with Crippen molar-refractivity contribution in [2.45, 2.75) is 20.4 Å². The Bertz CT molecular complexity index is 1020. The van der Waals surface area contributed by atoms with Gasteiger partial charge in [-0.15, -0.1) is 0 Å². The predicted octanol–water partition coefficient (Wildman–Crippen LogP) is 4.10. The van der Waals surface area contributed by atoms with Crippen LogP contribution in [0.25, 0.3) is 10.9 Å². The molecule has 2 aromatic carbocycles. The summed E-state index contributed by atoms with van der Waals surface area (Å²) < 4.78 is 0. The summed E-state index contributed by atoms with van der Waals surface area (Å²) in [6.45, 7) is 5.02. The van der Waals surface area contributed by atoms with E-state index in [9.17, 15) is 4.79 Å². The highest BCUT2D eigenvalue weighted by Gasteiger charge is 2.12. The second-order valence-corrected chi connectivity index (χ2v) is 6.73. The highest BCUT2D eigenvalue weighted by atomic mass is 35.5. The van der Waals surface area contributed by atoms with Crippen LogP contribution in [0.4, 0.5) is 5.69 Å². The van der Waals surface area contributed by atoms with E-state index in [1.807, 2.05) is 55.1 Å². The molecule has 0 atom stereocenters. The zero-order chi connectivity index (χ0) is 18.7. The summed E-state index contributed by atoms with van der Waals surface area (Å²) in [4.78, 5) is 21.5. The summed E-state index contributed by atoms with van der Waals surface area (Å²) in [7, 11) is 0. The van der Waals surface area contributed by atoms with Crippen LogP contribution in [0, 0.1) is 6.92 Å². The van der Waals surface area contributed by atoms with E-state index in [2.05, 4.69) is 15.3 Å². The van der Waals surface area contributed by atoms with Crippen LogP contribution in [0.5, 0.6) is 0 Å². The smallest absolute Gasteiger partial charge is 0.258 e. The van der Waals surface area contributed by atoms with Gasteiger partial charge in [-0.3, -0.25) is 4.79 Å². The summed E-state index contributed by atoms with van der Waals surface area (Å²) >= 11 is 11.7. The molecule has 0 fully saturated rings. The van der Waals surface area contributed by atoms with Crippen LogP contribution in [0.2, 0.25) is 5.02 Å². The Morgan fingerprint density at radius 1 is 1.31 bits per heavy atom. The van der Waals surface area contributed by atoms with Gasteiger partial charge in [0.05, 0.1) is 17.4 Å². The number of para-hydroxylation sites is 1. The number of rotatable bonds is 4. The molecule has 0 unspecified atom stereocenters. The number of hydrogen-bond donors (Lipinski definition) is 2. The molecule has 0 spiro atoms. The van der Waals surface area contributed by atoms with Crippen LogP contribution in [0.1, 0.15) is 18.3 Å². The lowest BCUT2D eigenvalue weighted by atomic mass is 10.2. The number of aryl methyl sites for hydroxylation is 1. The quantitative estimate of drug-likeness (QED) is 0.661. The van der Waals surface area contributed by atoms with Crippen LogP contribution in [-0.4, -0.2) is 26.5 Å². The van der Waals surface area contributed by atoms with E-state index in [0.29, 0.717) is 40.0 Å². The number of hydrogen-bond acceptors (Lipinski definition) is 3. The fraction of sp³-hybridized carbons (Fsp3) is 0.211. The van der Waals surface area contributed by atoms with E-state index in [0.717, 1.165) is 11.3 Å². The minimum absolute atomic E-state index is 0.147. The SMILES string of the molecule is CCN(Cc1nc2ccccc2c(=O)[nH]1)C(=S)Nc1ccc(C)c(Cl)c1. The molecule has 0 amide bonds. The molecule has 0 saturated carbocycles. The van der Waals surface area contributed by atoms with E-state index in [4.69, 9.17) is 23.8 Å². The molecule has 3 rings (SSSR count). The fourth-order valence-corrected chi connectivity index (χ4v) is 3.08. The Morgan fingerprint density at radius 2 is 2.08 bits per heavy atom. The van der Waals surface area contributed by atoms with Gasteiger partial charge in [0, 0.05) is 17.3 Å². The van der Waals surface area contributed by atoms with Crippen LogP contribution < -0.4 is 10.9 Å². The van der Waals surface area contributed by atoms with Gasteiger partial charge in [0.2, 0.25) is 0 Å². The average molecular weight is 387 g/mol. The second-order valence-electron chi connectivity index (χ2n) is 5.94. The summed E-state index contributed by atoms with van der Waals surface area (Å²) in [5, 5.41) is 4.99. The van der Waals surface area contributed by atoms with E-state index in [1.165, 1.54) is 0 Å². The van der Waals surface area contributed by atoms with Crippen LogP contribution in [-0.2, 0) is 6.54 Å². The molecular formula is C19H19ClN4OS. The zero-order valence-electron chi connectivity index (χ0n) is 14.5. The number of benzene rings is 2. The monoisotopic (exact) mass is 386 g/mol. The van der Waals surface area contributed by atoms with Crippen molar-refractivity contribution >= 4 is 45.5 Å². The molecule has 5 nitrogen and oxygen atoms in total. The minimum atomic E-state index is -0.147. The maximum absolute atomic E-state index is 12.2. The second kappa shape index (κ2) is 7.85. The largest absolute Gasteiger partial charge is 0.342 e. The molecule has 0 bridgehead atoms. The molecule has 0 aliphatic carbocycles. The number of nitrogens with one attached hydrogen (secondary N) is 2. The lowest BCUT2D eigenvalue weighted by Crippen LogP contribution is -2.35. The molecule has 0 aliphatic heterocycles. The van der Waals surface area contributed by atoms with Gasteiger partial charge in [0.25, 0.3) is 5.56 Å². The lowest BCUT2D eigenvalue weighted by Gasteiger charge is -2.24. The van der Waals surface area contributed by atoms with E-state index in [1.54, 1.807) is 6.07 Å². The molecule has 1 heterocycles. The summed E-state index contributed by atoms with van der Waals surface area (Å²) in [6.07, 6.45) is 0. The number of nitrogens with zero attached hydrogens (tertiary/aromatic N) is 2. The third-order valence-electron chi connectivity index (χ3n) is 4.09. The first kappa shape index (κ1) is 18.4. The van der Waals surface area contributed by atoms with Crippen molar-refractivity contribution in [2.75, 3.05) is 11.9 Å². The Labute approximate surface area is 162 Å². The van der Waals surface area contributed by atoms with E-state index >= 15 is 0 Å². The van der Waals surface area contributed by atoms with Crippen molar-refractivity contribution in [3.05, 3.63) is 69.2 Å². The molecule has 26 heavy (non-hydrogen) atoms. The third-order valence-corrected chi connectivity index (χ3v) is 4.86. The first-order valence-corrected chi connectivity index (χ1v) is 9.06.